The average Bonchev–Trinajstić information content (AvgIpc) is 3.67. The fourth-order valence-corrected chi connectivity index (χ4v) is 7.41. The lowest BCUT2D eigenvalue weighted by Crippen LogP contribution is -2.30. The van der Waals surface area contributed by atoms with E-state index in [0.29, 0.717) is 49.1 Å². The SMILES string of the molecule is COc1ccc(-c2csc(NC(=O)C(Sc3cccc(NC(=O)/C(=C\c4cccc(Cl)c4Cl)NC(=O)c4ccccc4)c3)c3ccccc3)n2)cc1OC. The molecule has 0 fully saturated rings. The summed E-state index contributed by atoms with van der Waals surface area (Å²) in [5.74, 6) is -0.176. The van der Waals surface area contributed by atoms with Crippen molar-refractivity contribution >= 4 is 80.9 Å². The van der Waals surface area contributed by atoms with Gasteiger partial charge in [0.25, 0.3) is 11.8 Å². The Kier molecular flexibility index (Phi) is 12.7. The quantitative estimate of drug-likeness (QED) is 0.0787. The maximum absolute atomic E-state index is 13.9. The summed E-state index contributed by atoms with van der Waals surface area (Å²) in [6, 6.07) is 35.5. The van der Waals surface area contributed by atoms with Gasteiger partial charge in [0.1, 0.15) is 10.9 Å². The fourth-order valence-electron chi connectivity index (χ4n) is 5.24. The van der Waals surface area contributed by atoms with Crippen LogP contribution in [0.25, 0.3) is 17.3 Å². The first kappa shape index (κ1) is 38.1. The van der Waals surface area contributed by atoms with Gasteiger partial charge >= 0.3 is 0 Å². The Hall–Kier alpha value is -5.59. The lowest BCUT2D eigenvalue weighted by atomic mass is 10.1. The minimum absolute atomic E-state index is 0.0523. The third-order valence-electron chi connectivity index (χ3n) is 7.91. The number of methoxy groups -OCH3 is 2. The molecule has 5 aromatic carbocycles. The average molecular weight is 796 g/mol. The van der Waals surface area contributed by atoms with E-state index in [-0.39, 0.29) is 16.6 Å². The summed E-state index contributed by atoms with van der Waals surface area (Å²) in [6.45, 7) is 0. The zero-order valence-electron chi connectivity index (χ0n) is 28.8. The van der Waals surface area contributed by atoms with E-state index < -0.39 is 17.1 Å². The highest BCUT2D eigenvalue weighted by Crippen LogP contribution is 2.38. The van der Waals surface area contributed by atoms with E-state index >= 15 is 0 Å². The Morgan fingerprint density at radius 3 is 2.26 bits per heavy atom. The van der Waals surface area contributed by atoms with Crippen molar-refractivity contribution in [3.8, 4) is 22.8 Å². The second-order valence-corrected chi connectivity index (χ2v) is 14.3. The molecule has 1 atom stereocenters. The zero-order chi connectivity index (χ0) is 38.0. The molecule has 0 radical (unpaired) electrons. The Bertz CT molecular complexity index is 2320. The standard InChI is InChI=1S/C41H32Cl2N4O5S2/c1-51-34-20-19-27(22-35(34)52-2)33-24-53-41(46-33)47-40(50)37(25-11-5-3-6-12-25)54-30-17-10-16-29(23-30)44-39(49)32(21-28-15-9-18-31(42)36(28)43)45-38(48)26-13-7-4-8-14-26/h3-24,37H,1-2H3,(H,44,49)(H,45,48)(H,46,47,50)/b32-21+. The van der Waals surface area contributed by atoms with Crippen LogP contribution in [-0.4, -0.2) is 36.9 Å². The van der Waals surface area contributed by atoms with Crippen LogP contribution in [-0.2, 0) is 9.59 Å². The molecule has 6 aromatic rings. The van der Waals surface area contributed by atoms with Crippen molar-refractivity contribution in [2.24, 2.45) is 0 Å². The Morgan fingerprint density at radius 2 is 1.52 bits per heavy atom. The van der Waals surface area contributed by atoms with E-state index in [1.54, 1.807) is 87.0 Å². The van der Waals surface area contributed by atoms with Gasteiger partial charge in [-0.25, -0.2) is 4.98 Å². The number of thiazole rings is 1. The lowest BCUT2D eigenvalue weighted by molar-refractivity contribution is -0.116. The molecule has 54 heavy (non-hydrogen) atoms. The number of thioether (sulfide) groups is 1. The lowest BCUT2D eigenvalue weighted by Gasteiger charge is -2.17. The van der Waals surface area contributed by atoms with Crippen LogP contribution in [0.15, 0.2) is 137 Å². The largest absolute Gasteiger partial charge is 0.493 e. The summed E-state index contributed by atoms with van der Waals surface area (Å²) in [6.07, 6.45) is 1.47. The van der Waals surface area contributed by atoms with Crippen LogP contribution in [0.3, 0.4) is 0 Å². The number of carbonyl (C=O) groups is 3. The molecule has 272 valence electrons. The summed E-state index contributed by atoms with van der Waals surface area (Å²) in [4.78, 5) is 46.2. The molecular formula is C41H32Cl2N4O5S2. The number of aromatic nitrogens is 1. The number of nitrogens with one attached hydrogen (secondary N) is 3. The van der Waals surface area contributed by atoms with Crippen molar-refractivity contribution in [1.29, 1.82) is 0 Å². The maximum atomic E-state index is 13.9. The van der Waals surface area contributed by atoms with E-state index in [4.69, 9.17) is 32.7 Å². The van der Waals surface area contributed by atoms with Gasteiger partial charge in [-0.3, -0.25) is 14.4 Å². The molecule has 0 aliphatic carbocycles. The van der Waals surface area contributed by atoms with Crippen molar-refractivity contribution < 1.29 is 23.9 Å². The summed E-state index contributed by atoms with van der Waals surface area (Å²) in [5.41, 5.74) is 3.46. The van der Waals surface area contributed by atoms with Crippen LogP contribution in [0.1, 0.15) is 26.7 Å². The second kappa shape index (κ2) is 18.0. The summed E-state index contributed by atoms with van der Waals surface area (Å²) < 4.78 is 10.8. The minimum Gasteiger partial charge on any atom is -0.493 e. The number of nitrogens with zero attached hydrogens (tertiary/aromatic N) is 1. The van der Waals surface area contributed by atoms with Crippen molar-refractivity contribution in [2.75, 3.05) is 24.9 Å². The van der Waals surface area contributed by atoms with Gasteiger partial charge in [0, 0.05) is 27.1 Å². The highest BCUT2D eigenvalue weighted by molar-refractivity contribution is 8.00. The molecule has 0 saturated carbocycles. The number of halogens is 2. The Labute approximate surface area is 330 Å². The zero-order valence-corrected chi connectivity index (χ0v) is 32.0. The molecule has 3 N–H and O–H groups in total. The third kappa shape index (κ3) is 9.49. The van der Waals surface area contributed by atoms with E-state index in [9.17, 15) is 14.4 Å². The van der Waals surface area contributed by atoms with Gasteiger partial charge in [0.15, 0.2) is 16.6 Å². The summed E-state index contributed by atoms with van der Waals surface area (Å²) >= 11 is 15.3. The smallest absolute Gasteiger partial charge is 0.272 e. The van der Waals surface area contributed by atoms with Crippen molar-refractivity contribution in [2.45, 2.75) is 10.1 Å². The molecule has 1 unspecified atom stereocenters. The van der Waals surface area contributed by atoms with Crippen LogP contribution >= 0.6 is 46.3 Å². The number of benzene rings is 5. The number of rotatable bonds is 13. The highest BCUT2D eigenvalue weighted by Gasteiger charge is 2.24. The molecule has 3 amide bonds. The molecule has 9 nitrogen and oxygen atoms in total. The molecule has 0 aliphatic heterocycles. The van der Waals surface area contributed by atoms with Gasteiger partial charge in [-0.15, -0.1) is 23.1 Å². The number of hydrogen-bond acceptors (Lipinski definition) is 8. The van der Waals surface area contributed by atoms with E-state index in [2.05, 4.69) is 20.9 Å². The second-order valence-electron chi connectivity index (χ2n) is 11.5. The minimum atomic E-state index is -0.670. The normalized spacial score (nSPS) is 11.7. The number of hydrogen-bond donors (Lipinski definition) is 3. The van der Waals surface area contributed by atoms with Crippen molar-refractivity contribution in [3.05, 3.63) is 159 Å². The van der Waals surface area contributed by atoms with E-state index in [1.165, 1.54) is 29.2 Å². The third-order valence-corrected chi connectivity index (χ3v) is 10.7. The predicted octanol–water partition coefficient (Wildman–Crippen LogP) is 10.0. The van der Waals surface area contributed by atoms with Gasteiger partial charge in [0.05, 0.1) is 30.0 Å². The van der Waals surface area contributed by atoms with Gasteiger partial charge in [-0.05, 0) is 71.8 Å². The molecule has 1 aromatic heterocycles. The predicted molar refractivity (Wildman–Crippen MR) is 218 cm³/mol. The molecule has 0 bridgehead atoms. The first-order valence-electron chi connectivity index (χ1n) is 16.4. The molecule has 6 rings (SSSR count). The first-order valence-corrected chi connectivity index (χ1v) is 18.9. The van der Waals surface area contributed by atoms with Gasteiger partial charge in [-0.2, -0.15) is 0 Å². The molecular weight excluding hydrogens is 764 g/mol. The Morgan fingerprint density at radius 1 is 0.796 bits per heavy atom. The molecule has 13 heteroatoms. The monoisotopic (exact) mass is 794 g/mol. The Balaban J connectivity index is 1.22. The highest BCUT2D eigenvalue weighted by atomic mass is 35.5. The fraction of sp³-hybridized carbons (Fsp3) is 0.0732. The number of ether oxygens (including phenoxy) is 2. The molecule has 1 heterocycles. The van der Waals surface area contributed by atoms with Gasteiger partial charge in [0.2, 0.25) is 5.91 Å². The summed E-state index contributed by atoms with van der Waals surface area (Å²) in [7, 11) is 3.14. The van der Waals surface area contributed by atoms with Crippen LogP contribution in [0.5, 0.6) is 11.5 Å². The number of anilines is 2. The molecule has 0 saturated heterocycles. The van der Waals surface area contributed by atoms with Gasteiger partial charge in [-0.1, -0.05) is 89.9 Å². The number of carbonyl (C=O) groups excluding carboxylic acids is 3. The van der Waals surface area contributed by atoms with Crippen LogP contribution in [0.2, 0.25) is 10.0 Å². The number of amides is 3. The first-order chi connectivity index (χ1) is 26.2. The van der Waals surface area contributed by atoms with Crippen LogP contribution in [0.4, 0.5) is 10.8 Å². The molecule has 0 spiro atoms. The van der Waals surface area contributed by atoms with E-state index in [0.717, 1.165) is 11.1 Å². The van der Waals surface area contributed by atoms with Crippen molar-refractivity contribution in [1.82, 2.24) is 10.3 Å². The van der Waals surface area contributed by atoms with Crippen LogP contribution < -0.4 is 25.4 Å². The van der Waals surface area contributed by atoms with Crippen molar-refractivity contribution in [3.63, 3.8) is 0 Å². The van der Waals surface area contributed by atoms with Crippen LogP contribution in [0, 0.1) is 0 Å². The maximum Gasteiger partial charge on any atom is 0.272 e. The summed E-state index contributed by atoms with van der Waals surface area (Å²) in [5, 5.41) is 10.7. The topological polar surface area (TPSA) is 119 Å². The van der Waals surface area contributed by atoms with Gasteiger partial charge < -0.3 is 25.4 Å². The molecule has 0 aliphatic rings. The van der Waals surface area contributed by atoms with E-state index in [1.807, 2.05) is 53.9 Å².